The van der Waals surface area contributed by atoms with E-state index in [0.717, 1.165) is 22.9 Å². The molecule has 0 spiro atoms. The van der Waals surface area contributed by atoms with E-state index in [9.17, 15) is 0 Å². The maximum Gasteiger partial charge on any atom is 0.142 e. The number of nitrogens with one attached hydrogen (secondary N) is 1. The molecule has 0 saturated carbocycles. The van der Waals surface area contributed by atoms with Crippen molar-refractivity contribution in [1.29, 1.82) is 0 Å². The van der Waals surface area contributed by atoms with Crippen molar-refractivity contribution in [2.45, 2.75) is 27.0 Å². The summed E-state index contributed by atoms with van der Waals surface area (Å²) in [4.78, 5) is 0. The van der Waals surface area contributed by atoms with Gasteiger partial charge in [0.25, 0.3) is 0 Å². The summed E-state index contributed by atoms with van der Waals surface area (Å²) >= 11 is 0. The molecule has 0 aliphatic rings. The molecule has 0 atom stereocenters. The fourth-order valence-electron chi connectivity index (χ4n) is 1.97. The van der Waals surface area contributed by atoms with E-state index in [4.69, 9.17) is 19.0 Å². The molecule has 0 saturated heterocycles. The van der Waals surface area contributed by atoms with Gasteiger partial charge < -0.3 is 24.3 Å². The predicted octanol–water partition coefficient (Wildman–Crippen LogP) is 3.18. The molecule has 1 aromatic heterocycles. The predicted molar refractivity (Wildman–Crippen MR) is 80.7 cm³/mol. The lowest BCUT2D eigenvalue weighted by atomic mass is 10.2. The zero-order valence-electron chi connectivity index (χ0n) is 12.4. The van der Waals surface area contributed by atoms with Crippen molar-refractivity contribution in [2.24, 2.45) is 0 Å². The molecule has 0 bridgehead atoms. The normalized spacial score (nSPS) is 10.4. The number of benzene rings is 1. The van der Waals surface area contributed by atoms with Crippen LogP contribution in [0.4, 0.5) is 5.69 Å². The lowest BCUT2D eigenvalue weighted by Gasteiger charge is -2.13. The number of anilines is 1. The zero-order chi connectivity index (χ0) is 15.1. The first-order chi connectivity index (χ1) is 10.3. The van der Waals surface area contributed by atoms with Crippen LogP contribution in [0.2, 0.25) is 0 Å². The molecule has 2 rings (SSSR count). The van der Waals surface area contributed by atoms with Gasteiger partial charge in [-0.3, -0.25) is 0 Å². The van der Waals surface area contributed by atoms with Gasteiger partial charge >= 0.3 is 0 Å². The first-order valence-corrected chi connectivity index (χ1v) is 7.08. The molecule has 2 N–H and O–H groups in total. The van der Waals surface area contributed by atoms with Gasteiger partial charge in [0.15, 0.2) is 0 Å². The van der Waals surface area contributed by atoms with Crippen LogP contribution in [0.25, 0.3) is 0 Å². The van der Waals surface area contributed by atoms with Crippen LogP contribution in [-0.2, 0) is 13.2 Å². The third-order valence-electron chi connectivity index (χ3n) is 2.89. The summed E-state index contributed by atoms with van der Waals surface area (Å²) in [5.74, 6) is 2.87. The first-order valence-electron chi connectivity index (χ1n) is 7.08. The summed E-state index contributed by atoms with van der Waals surface area (Å²) in [5.41, 5.74) is 0.852. The van der Waals surface area contributed by atoms with Crippen LogP contribution in [0, 0.1) is 0 Å². The fraction of sp³-hybridized carbons (Fsp3) is 0.375. The molecule has 1 heterocycles. The lowest BCUT2D eigenvalue weighted by molar-refractivity contribution is 0.244. The van der Waals surface area contributed by atoms with Crippen molar-refractivity contribution < 1.29 is 19.0 Å². The second-order valence-electron chi connectivity index (χ2n) is 4.40. The Kier molecular flexibility index (Phi) is 5.51. The van der Waals surface area contributed by atoms with Gasteiger partial charge in [-0.15, -0.1) is 0 Å². The number of hydrogen-bond acceptors (Lipinski definition) is 5. The van der Waals surface area contributed by atoms with Crippen molar-refractivity contribution in [3.8, 4) is 11.5 Å². The van der Waals surface area contributed by atoms with Crippen LogP contribution >= 0.6 is 0 Å². The number of furan rings is 1. The van der Waals surface area contributed by atoms with Crippen LogP contribution in [0.3, 0.4) is 0 Å². The largest absolute Gasteiger partial charge is 0.494 e. The maximum atomic E-state index is 9.00. The van der Waals surface area contributed by atoms with E-state index in [1.165, 1.54) is 0 Å². The highest BCUT2D eigenvalue weighted by molar-refractivity contribution is 5.59. The van der Waals surface area contributed by atoms with Crippen molar-refractivity contribution in [3.05, 3.63) is 41.9 Å². The highest BCUT2D eigenvalue weighted by Gasteiger charge is 2.07. The molecule has 114 valence electrons. The van der Waals surface area contributed by atoms with E-state index in [2.05, 4.69) is 5.32 Å². The minimum absolute atomic E-state index is 0.0932. The first kappa shape index (κ1) is 15.3. The highest BCUT2D eigenvalue weighted by Crippen LogP contribution is 2.30. The molecule has 0 fully saturated rings. The van der Waals surface area contributed by atoms with Crippen molar-refractivity contribution in [1.82, 2.24) is 0 Å². The Bertz CT molecular complexity index is 565. The van der Waals surface area contributed by atoms with Gasteiger partial charge in [0.2, 0.25) is 0 Å². The molecule has 5 nitrogen and oxygen atoms in total. The summed E-state index contributed by atoms with van der Waals surface area (Å²) in [7, 11) is 0. The second-order valence-corrected chi connectivity index (χ2v) is 4.40. The molecule has 0 radical (unpaired) electrons. The standard InChI is InChI=1S/C16H21NO4/c1-3-19-12-7-8-16(20-4-2)15(9-12)17-10-13-5-6-14(11-18)21-13/h5-9,17-18H,3-4,10-11H2,1-2H3. The average molecular weight is 291 g/mol. The van der Waals surface area contributed by atoms with Gasteiger partial charge in [-0.05, 0) is 38.1 Å². The summed E-state index contributed by atoms with van der Waals surface area (Å²) in [5, 5.41) is 12.3. The van der Waals surface area contributed by atoms with Gasteiger partial charge in [-0.25, -0.2) is 0 Å². The van der Waals surface area contributed by atoms with Gasteiger partial charge in [0, 0.05) is 6.07 Å². The van der Waals surface area contributed by atoms with E-state index in [-0.39, 0.29) is 6.61 Å². The number of aliphatic hydroxyl groups excluding tert-OH is 1. The highest BCUT2D eigenvalue weighted by atomic mass is 16.5. The Hall–Kier alpha value is -2.14. The number of ether oxygens (including phenoxy) is 2. The summed E-state index contributed by atoms with van der Waals surface area (Å²) < 4.78 is 16.5. The van der Waals surface area contributed by atoms with Crippen LogP contribution in [0.15, 0.2) is 34.7 Å². The SMILES string of the molecule is CCOc1ccc(OCC)c(NCc2ccc(CO)o2)c1. The Morgan fingerprint density at radius 2 is 1.81 bits per heavy atom. The van der Waals surface area contributed by atoms with Crippen molar-refractivity contribution in [2.75, 3.05) is 18.5 Å². The van der Waals surface area contributed by atoms with E-state index in [1.54, 1.807) is 6.07 Å². The number of hydrogen-bond donors (Lipinski definition) is 2. The smallest absolute Gasteiger partial charge is 0.142 e. The number of aliphatic hydroxyl groups is 1. The van der Waals surface area contributed by atoms with Crippen molar-refractivity contribution in [3.63, 3.8) is 0 Å². The Morgan fingerprint density at radius 3 is 2.48 bits per heavy atom. The summed E-state index contributed by atoms with van der Waals surface area (Å²) in [6.07, 6.45) is 0. The molecule has 1 aromatic carbocycles. The molecule has 2 aromatic rings. The number of rotatable bonds is 8. The topological polar surface area (TPSA) is 63.9 Å². The van der Waals surface area contributed by atoms with Crippen LogP contribution in [0.5, 0.6) is 11.5 Å². The summed E-state index contributed by atoms with van der Waals surface area (Å²) in [6.45, 7) is 5.52. The third-order valence-corrected chi connectivity index (χ3v) is 2.89. The lowest BCUT2D eigenvalue weighted by Crippen LogP contribution is -2.03. The Labute approximate surface area is 124 Å². The van der Waals surface area contributed by atoms with E-state index < -0.39 is 0 Å². The molecular weight excluding hydrogens is 270 g/mol. The molecule has 0 amide bonds. The maximum absolute atomic E-state index is 9.00. The molecule has 0 unspecified atom stereocenters. The van der Waals surface area contributed by atoms with Crippen LogP contribution in [-0.4, -0.2) is 18.3 Å². The minimum atomic E-state index is -0.0932. The monoisotopic (exact) mass is 291 g/mol. The third kappa shape index (κ3) is 4.16. The van der Waals surface area contributed by atoms with Gasteiger partial charge in [-0.1, -0.05) is 0 Å². The molecule has 5 heteroatoms. The fourth-order valence-corrected chi connectivity index (χ4v) is 1.97. The molecular formula is C16H21NO4. The van der Waals surface area contributed by atoms with E-state index >= 15 is 0 Å². The average Bonchev–Trinajstić information content (AvgIpc) is 2.96. The Morgan fingerprint density at radius 1 is 1.05 bits per heavy atom. The quantitative estimate of drug-likeness (QED) is 0.782. The van der Waals surface area contributed by atoms with Crippen molar-refractivity contribution >= 4 is 5.69 Å². The van der Waals surface area contributed by atoms with E-state index in [1.807, 2.05) is 38.1 Å². The van der Waals surface area contributed by atoms with Gasteiger partial charge in [-0.2, -0.15) is 0 Å². The molecule has 0 aliphatic heterocycles. The van der Waals surface area contributed by atoms with Gasteiger partial charge in [0.1, 0.15) is 29.6 Å². The van der Waals surface area contributed by atoms with Gasteiger partial charge in [0.05, 0.1) is 25.4 Å². The molecule has 0 aliphatic carbocycles. The Balaban J connectivity index is 2.09. The second kappa shape index (κ2) is 7.59. The van der Waals surface area contributed by atoms with Crippen LogP contribution in [0.1, 0.15) is 25.4 Å². The molecule has 21 heavy (non-hydrogen) atoms. The minimum Gasteiger partial charge on any atom is -0.494 e. The summed E-state index contributed by atoms with van der Waals surface area (Å²) in [6, 6.07) is 9.28. The zero-order valence-corrected chi connectivity index (χ0v) is 12.4. The van der Waals surface area contributed by atoms with Crippen LogP contribution < -0.4 is 14.8 Å². The van der Waals surface area contributed by atoms with E-state index in [0.29, 0.717) is 25.5 Å².